The summed E-state index contributed by atoms with van der Waals surface area (Å²) in [6, 6.07) is 0. The van der Waals surface area contributed by atoms with Crippen LogP contribution in [0, 0.1) is 0 Å². The van der Waals surface area contributed by atoms with Crippen molar-refractivity contribution in [1.29, 1.82) is 0 Å². The van der Waals surface area contributed by atoms with Gasteiger partial charge in [-0.1, -0.05) is 25.3 Å². The molecule has 0 aromatic carbocycles. The second kappa shape index (κ2) is 12.6. The maximum Gasteiger partial charge on any atom is 0.305 e. The zero-order valence-corrected chi connectivity index (χ0v) is 12.1. The predicted octanol–water partition coefficient (Wildman–Crippen LogP) is 3.40. The van der Waals surface area contributed by atoms with E-state index >= 15 is 0 Å². The van der Waals surface area contributed by atoms with Crippen molar-refractivity contribution in [3.63, 3.8) is 0 Å². The van der Waals surface area contributed by atoms with Crippen LogP contribution in [0.5, 0.6) is 0 Å². The first-order chi connectivity index (χ1) is 8.66. The number of ether oxygens (including phenoxy) is 1. The average molecular weight is 255 g/mol. The van der Waals surface area contributed by atoms with Gasteiger partial charge in [-0.25, -0.2) is 0 Å². The van der Waals surface area contributed by atoms with Crippen molar-refractivity contribution in [2.75, 3.05) is 27.2 Å². The van der Waals surface area contributed by atoms with Gasteiger partial charge in [0, 0.05) is 13.0 Å². The molecule has 0 amide bonds. The van der Waals surface area contributed by atoms with E-state index in [4.69, 9.17) is 4.74 Å². The predicted molar refractivity (Wildman–Crippen MR) is 76.6 cm³/mol. The maximum atomic E-state index is 11.4. The highest BCUT2D eigenvalue weighted by Gasteiger charge is 2.02. The van der Waals surface area contributed by atoms with Crippen LogP contribution in [0.25, 0.3) is 0 Å². The first kappa shape index (κ1) is 17.2. The van der Waals surface area contributed by atoms with Crippen LogP contribution in [0.1, 0.15) is 51.4 Å². The average Bonchev–Trinajstić information content (AvgIpc) is 2.33. The van der Waals surface area contributed by atoms with Gasteiger partial charge in [0.05, 0.1) is 6.61 Å². The van der Waals surface area contributed by atoms with Gasteiger partial charge >= 0.3 is 5.97 Å². The first-order valence-corrected chi connectivity index (χ1v) is 7.08. The number of carbonyl (C=O) groups excluding carboxylic acids is 1. The van der Waals surface area contributed by atoms with Crippen molar-refractivity contribution in [2.24, 2.45) is 0 Å². The van der Waals surface area contributed by atoms with Gasteiger partial charge in [0.1, 0.15) is 0 Å². The molecular weight excluding hydrogens is 226 g/mol. The molecule has 0 aromatic rings. The highest BCUT2D eigenvalue weighted by atomic mass is 16.5. The lowest BCUT2D eigenvalue weighted by Gasteiger charge is -2.09. The third kappa shape index (κ3) is 13.2. The quantitative estimate of drug-likeness (QED) is 0.304. The molecule has 0 saturated carbocycles. The molecule has 106 valence electrons. The van der Waals surface area contributed by atoms with Crippen molar-refractivity contribution in [3.8, 4) is 0 Å². The van der Waals surface area contributed by atoms with Crippen LogP contribution in [0.4, 0.5) is 0 Å². The number of hydrogen-bond acceptors (Lipinski definition) is 3. The van der Waals surface area contributed by atoms with E-state index in [1.54, 1.807) is 0 Å². The molecule has 18 heavy (non-hydrogen) atoms. The summed E-state index contributed by atoms with van der Waals surface area (Å²) in [5, 5.41) is 0. The van der Waals surface area contributed by atoms with E-state index < -0.39 is 0 Å². The van der Waals surface area contributed by atoms with Gasteiger partial charge in [-0.3, -0.25) is 4.79 Å². The Morgan fingerprint density at radius 1 is 1.11 bits per heavy atom. The second-order valence-corrected chi connectivity index (χ2v) is 4.97. The number of carbonyl (C=O) groups is 1. The van der Waals surface area contributed by atoms with Gasteiger partial charge in [-0.2, -0.15) is 0 Å². The minimum Gasteiger partial charge on any atom is -0.466 e. The zero-order valence-electron chi connectivity index (χ0n) is 12.1. The monoisotopic (exact) mass is 255 g/mol. The van der Waals surface area contributed by atoms with Crippen LogP contribution >= 0.6 is 0 Å². The normalized spacial score (nSPS) is 10.6. The Morgan fingerprint density at radius 2 is 1.78 bits per heavy atom. The van der Waals surface area contributed by atoms with Crippen molar-refractivity contribution in [2.45, 2.75) is 51.4 Å². The molecule has 3 heteroatoms. The smallest absolute Gasteiger partial charge is 0.305 e. The molecule has 0 aliphatic heterocycles. The Balaban J connectivity index is 3.19. The summed E-state index contributed by atoms with van der Waals surface area (Å²) in [6.45, 7) is 5.22. The zero-order chi connectivity index (χ0) is 13.6. The molecule has 0 unspecified atom stereocenters. The molecule has 0 bridgehead atoms. The standard InChI is InChI=1S/C15H29NO2/c1-4-5-6-7-8-9-10-12-15(17)18-14-11-13-16(2)3/h4H,1,5-14H2,2-3H3. The van der Waals surface area contributed by atoms with Crippen LogP contribution in [0.2, 0.25) is 0 Å². The lowest BCUT2D eigenvalue weighted by atomic mass is 10.1. The van der Waals surface area contributed by atoms with Crippen molar-refractivity contribution in [3.05, 3.63) is 12.7 Å². The largest absolute Gasteiger partial charge is 0.466 e. The van der Waals surface area contributed by atoms with Crippen LogP contribution in [0.15, 0.2) is 12.7 Å². The van der Waals surface area contributed by atoms with E-state index in [0.29, 0.717) is 13.0 Å². The fraction of sp³-hybridized carbons (Fsp3) is 0.800. The minimum atomic E-state index is -0.0418. The molecule has 3 nitrogen and oxygen atoms in total. The highest BCUT2D eigenvalue weighted by molar-refractivity contribution is 5.69. The van der Waals surface area contributed by atoms with Crippen LogP contribution in [-0.2, 0) is 9.53 Å². The van der Waals surface area contributed by atoms with E-state index in [0.717, 1.165) is 32.2 Å². The Morgan fingerprint density at radius 3 is 2.44 bits per heavy atom. The lowest BCUT2D eigenvalue weighted by Crippen LogP contribution is -2.16. The molecule has 0 fully saturated rings. The number of esters is 1. The summed E-state index contributed by atoms with van der Waals surface area (Å²) in [4.78, 5) is 13.5. The number of unbranched alkanes of at least 4 members (excludes halogenated alkanes) is 5. The summed E-state index contributed by atoms with van der Waals surface area (Å²) in [5.41, 5.74) is 0. The second-order valence-electron chi connectivity index (χ2n) is 4.97. The van der Waals surface area contributed by atoms with Gasteiger partial charge in [0.2, 0.25) is 0 Å². The van der Waals surface area contributed by atoms with E-state index in [1.165, 1.54) is 19.3 Å². The van der Waals surface area contributed by atoms with E-state index in [-0.39, 0.29) is 5.97 Å². The maximum absolute atomic E-state index is 11.4. The Kier molecular flexibility index (Phi) is 12.0. The number of nitrogens with zero attached hydrogens (tertiary/aromatic N) is 1. The van der Waals surface area contributed by atoms with Crippen LogP contribution in [0.3, 0.4) is 0 Å². The number of rotatable bonds is 12. The molecule has 0 rings (SSSR count). The summed E-state index contributed by atoms with van der Waals surface area (Å²) in [7, 11) is 4.04. The third-order valence-corrected chi connectivity index (χ3v) is 2.80. The van der Waals surface area contributed by atoms with Gasteiger partial charge in [-0.05, 0) is 39.8 Å². The topological polar surface area (TPSA) is 29.5 Å². The third-order valence-electron chi connectivity index (χ3n) is 2.80. The molecule has 0 spiro atoms. The van der Waals surface area contributed by atoms with Crippen molar-refractivity contribution in [1.82, 2.24) is 4.90 Å². The number of hydrogen-bond donors (Lipinski definition) is 0. The van der Waals surface area contributed by atoms with Crippen LogP contribution in [-0.4, -0.2) is 38.1 Å². The molecule has 0 heterocycles. The lowest BCUT2D eigenvalue weighted by molar-refractivity contribution is -0.143. The fourth-order valence-electron chi connectivity index (χ4n) is 1.73. The molecular formula is C15H29NO2. The molecule has 0 aliphatic rings. The molecule has 0 saturated heterocycles. The van der Waals surface area contributed by atoms with Gasteiger partial charge in [-0.15, -0.1) is 6.58 Å². The summed E-state index contributed by atoms with van der Waals surface area (Å²) >= 11 is 0. The van der Waals surface area contributed by atoms with Gasteiger partial charge < -0.3 is 9.64 Å². The minimum absolute atomic E-state index is 0.0418. The van der Waals surface area contributed by atoms with Crippen LogP contribution < -0.4 is 0 Å². The molecule has 0 aliphatic carbocycles. The van der Waals surface area contributed by atoms with Crippen molar-refractivity contribution < 1.29 is 9.53 Å². The molecule has 0 N–H and O–H groups in total. The Bertz CT molecular complexity index is 215. The first-order valence-electron chi connectivity index (χ1n) is 7.08. The molecule has 0 aromatic heterocycles. The van der Waals surface area contributed by atoms with Crippen molar-refractivity contribution >= 4 is 5.97 Å². The summed E-state index contributed by atoms with van der Waals surface area (Å²) < 4.78 is 5.16. The molecule has 0 radical (unpaired) electrons. The fourth-order valence-corrected chi connectivity index (χ4v) is 1.73. The Hall–Kier alpha value is -0.830. The summed E-state index contributed by atoms with van der Waals surface area (Å²) in [6.07, 6.45) is 10.3. The van der Waals surface area contributed by atoms with E-state index in [1.807, 2.05) is 20.2 Å². The van der Waals surface area contributed by atoms with E-state index in [2.05, 4.69) is 11.5 Å². The molecule has 0 atom stereocenters. The SMILES string of the molecule is C=CCCCCCCCC(=O)OCCCN(C)C. The van der Waals surface area contributed by atoms with E-state index in [9.17, 15) is 4.79 Å². The van der Waals surface area contributed by atoms with Gasteiger partial charge in [0.25, 0.3) is 0 Å². The van der Waals surface area contributed by atoms with Gasteiger partial charge in [0.15, 0.2) is 0 Å². The Labute approximate surface area is 112 Å². The number of allylic oxidation sites excluding steroid dienone is 1. The highest BCUT2D eigenvalue weighted by Crippen LogP contribution is 2.08. The summed E-state index contributed by atoms with van der Waals surface area (Å²) in [5.74, 6) is -0.0418.